The molecule has 3 rings (SSSR count). The Kier molecular flexibility index (Phi) is 3.01. The minimum Gasteiger partial charge on any atom is -0.369 e. The summed E-state index contributed by atoms with van der Waals surface area (Å²) in [5.74, 6) is 0.274. The Bertz CT molecular complexity index is 749. The molecule has 0 aliphatic carbocycles. The summed E-state index contributed by atoms with van der Waals surface area (Å²) >= 11 is 0. The summed E-state index contributed by atoms with van der Waals surface area (Å²) in [5, 5.41) is 0. The van der Waals surface area contributed by atoms with E-state index in [2.05, 4.69) is 9.97 Å². The van der Waals surface area contributed by atoms with E-state index in [-0.39, 0.29) is 5.78 Å². The van der Waals surface area contributed by atoms with Crippen LogP contribution in [0.2, 0.25) is 0 Å². The lowest BCUT2D eigenvalue weighted by Crippen LogP contribution is -2.09. The molecule has 0 unspecified atom stereocenters. The maximum atomic E-state index is 12.6. The monoisotopic (exact) mass is 264 g/mol. The summed E-state index contributed by atoms with van der Waals surface area (Å²) in [7, 11) is 0. The number of benzene rings is 1. The van der Waals surface area contributed by atoms with Gasteiger partial charge in [-0.05, 0) is 24.3 Å². The van der Waals surface area contributed by atoms with E-state index in [0.717, 1.165) is 0 Å². The van der Waals surface area contributed by atoms with E-state index < -0.39 is 0 Å². The molecule has 0 fully saturated rings. The molecule has 0 bridgehead atoms. The number of nitrogen functional groups attached to an aromatic ring is 1. The zero-order valence-electron chi connectivity index (χ0n) is 10.6. The lowest BCUT2D eigenvalue weighted by atomic mass is 10.0. The average Bonchev–Trinajstić information content (AvgIpc) is 2.93. The number of para-hydroxylation sites is 1. The van der Waals surface area contributed by atoms with E-state index >= 15 is 0 Å². The van der Waals surface area contributed by atoms with Crippen LogP contribution in [0.4, 0.5) is 5.95 Å². The van der Waals surface area contributed by atoms with Crippen molar-refractivity contribution in [3.05, 3.63) is 72.3 Å². The molecule has 1 aromatic carbocycles. The molecule has 20 heavy (non-hydrogen) atoms. The molecule has 0 saturated carbocycles. The summed E-state index contributed by atoms with van der Waals surface area (Å²) in [4.78, 5) is 20.5. The van der Waals surface area contributed by atoms with Crippen molar-refractivity contribution in [2.75, 3.05) is 5.73 Å². The van der Waals surface area contributed by atoms with E-state index in [9.17, 15) is 4.79 Å². The minimum atomic E-state index is -0.0731. The highest BCUT2D eigenvalue weighted by Crippen LogP contribution is 2.20. The van der Waals surface area contributed by atoms with E-state index in [1.807, 2.05) is 18.2 Å². The molecule has 0 spiro atoms. The van der Waals surface area contributed by atoms with Gasteiger partial charge in [0.1, 0.15) is 0 Å². The smallest absolute Gasteiger partial charge is 0.204 e. The van der Waals surface area contributed by atoms with Crippen LogP contribution in [0.15, 0.2) is 61.2 Å². The predicted molar refractivity (Wildman–Crippen MR) is 75.6 cm³/mol. The Balaban J connectivity index is 2.12. The van der Waals surface area contributed by atoms with Crippen molar-refractivity contribution >= 4 is 11.7 Å². The topological polar surface area (TPSA) is 73.8 Å². The zero-order chi connectivity index (χ0) is 13.9. The molecule has 98 valence electrons. The molecule has 2 N–H and O–H groups in total. The molecule has 0 aliphatic heterocycles. The molecular weight excluding hydrogens is 252 g/mol. The maximum absolute atomic E-state index is 12.6. The van der Waals surface area contributed by atoms with Crippen LogP contribution in [0.3, 0.4) is 0 Å². The first-order valence-electron chi connectivity index (χ1n) is 6.10. The Morgan fingerprint density at radius 3 is 2.50 bits per heavy atom. The third-order valence-corrected chi connectivity index (χ3v) is 3.02. The van der Waals surface area contributed by atoms with Gasteiger partial charge in [-0.1, -0.05) is 12.1 Å². The average molecular weight is 264 g/mol. The number of ketones is 1. The van der Waals surface area contributed by atoms with Crippen LogP contribution in [-0.4, -0.2) is 20.3 Å². The fourth-order valence-electron chi connectivity index (χ4n) is 2.05. The number of nitrogens with two attached hydrogens (primary N) is 1. The van der Waals surface area contributed by atoms with Crippen LogP contribution in [0, 0.1) is 0 Å². The first-order chi connectivity index (χ1) is 9.77. The summed E-state index contributed by atoms with van der Waals surface area (Å²) in [5.41, 5.74) is 7.68. The minimum absolute atomic E-state index is 0.0731. The number of hydrogen-bond acceptors (Lipinski definition) is 4. The highest BCUT2D eigenvalue weighted by molar-refractivity contribution is 6.11. The standard InChI is InChI=1S/C15H12N4O/c16-15-18-9-10-19(15)13-4-2-1-3-12(13)14(20)11-5-7-17-8-6-11/h1-10H,(H2,16,18). The number of hydrogen-bond donors (Lipinski definition) is 1. The van der Waals surface area contributed by atoms with Crippen molar-refractivity contribution in [3.63, 3.8) is 0 Å². The molecule has 0 saturated heterocycles. The molecule has 2 aromatic heterocycles. The van der Waals surface area contributed by atoms with Gasteiger partial charge in [0.05, 0.1) is 5.69 Å². The van der Waals surface area contributed by atoms with Gasteiger partial charge in [-0.15, -0.1) is 0 Å². The van der Waals surface area contributed by atoms with Gasteiger partial charge in [-0.2, -0.15) is 0 Å². The number of nitrogens with zero attached hydrogens (tertiary/aromatic N) is 3. The second-order valence-corrected chi connectivity index (χ2v) is 4.24. The lowest BCUT2D eigenvalue weighted by Gasteiger charge is -2.10. The largest absolute Gasteiger partial charge is 0.369 e. The summed E-state index contributed by atoms with van der Waals surface area (Å²) < 4.78 is 1.69. The van der Waals surface area contributed by atoms with Gasteiger partial charge in [-0.3, -0.25) is 14.3 Å². The fourth-order valence-corrected chi connectivity index (χ4v) is 2.05. The zero-order valence-corrected chi connectivity index (χ0v) is 10.6. The summed E-state index contributed by atoms with van der Waals surface area (Å²) in [6, 6.07) is 10.7. The van der Waals surface area contributed by atoms with Crippen LogP contribution < -0.4 is 5.73 Å². The van der Waals surface area contributed by atoms with E-state index in [4.69, 9.17) is 5.73 Å². The third-order valence-electron chi connectivity index (χ3n) is 3.02. The number of carbonyl (C=O) groups is 1. The molecule has 5 nitrogen and oxygen atoms in total. The second-order valence-electron chi connectivity index (χ2n) is 4.24. The highest BCUT2D eigenvalue weighted by atomic mass is 16.1. The molecule has 0 aliphatic rings. The predicted octanol–water partition coefficient (Wildman–Crippen LogP) is 2.08. The molecule has 0 atom stereocenters. The van der Waals surface area contributed by atoms with Crippen molar-refractivity contribution in [2.24, 2.45) is 0 Å². The van der Waals surface area contributed by atoms with Crippen LogP contribution in [0.25, 0.3) is 5.69 Å². The third kappa shape index (κ3) is 2.05. The Morgan fingerprint density at radius 1 is 1.05 bits per heavy atom. The van der Waals surface area contributed by atoms with Crippen LogP contribution >= 0.6 is 0 Å². The normalized spacial score (nSPS) is 10.4. The quantitative estimate of drug-likeness (QED) is 0.735. The van der Waals surface area contributed by atoms with Crippen molar-refractivity contribution in [2.45, 2.75) is 0 Å². The van der Waals surface area contributed by atoms with Gasteiger partial charge in [0.25, 0.3) is 0 Å². The highest BCUT2D eigenvalue weighted by Gasteiger charge is 2.15. The van der Waals surface area contributed by atoms with Crippen molar-refractivity contribution in [3.8, 4) is 5.69 Å². The van der Waals surface area contributed by atoms with Gasteiger partial charge in [0, 0.05) is 35.9 Å². The molecule has 0 amide bonds. The van der Waals surface area contributed by atoms with Crippen LogP contribution in [0.1, 0.15) is 15.9 Å². The van der Waals surface area contributed by atoms with Gasteiger partial charge < -0.3 is 5.73 Å². The number of rotatable bonds is 3. The molecule has 3 aromatic rings. The van der Waals surface area contributed by atoms with Gasteiger partial charge in [-0.25, -0.2) is 4.98 Å². The fraction of sp³-hybridized carbons (Fsp3) is 0. The van der Waals surface area contributed by atoms with E-state index in [0.29, 0.717) is 22.8 Å². The number of imidazole rings is 1. The Labute approximate surface area is 115 Å². The molecular formula is C15H12N4O. The molecule has 2 heterocycles. The van der Waals surface area contributed by atoms with Gasteiger partial charge in [0.2, 0.25) is 5.95 Å². The van der Waals surface area contributed by atoms with Gasteiger partial charge >= 0.3 is 0 Å². The van der Waals surface area contributed by atoms with Crippen molar-refractivity contribution < 1.29 is 4.79 Å². The van der Waals surface area contributed by atoms with Gasteiger partial charge in [0.15, 0.2) is 5.78 Å². The SMILES string of the molecule is Nc1nccn1-c1ccccc1C(=O)c1ccncc1. The van der Waals surface area contributed by atoms with Crippen molar-refractivity contribution in [1.29, 1.82) is 0 Å². The Hall–Kier alpha value is -2.95. The second kappa shape index (κ2) is 4.97. The lowest BCUT2D eigenvalue weighted by molar-refractivity contribution is 0.103. The van der Waals surface area contributed by atoms with Crippen LogP contribution in [0.5, 0.6) is 0 Å². The first kappa shape index (κ1) is 12.1. The molecule has 0 radical (unpaired) electrons. The van der Waals surface area contributed by atoms with Crippen molar-refractivity contribution in [1.82, 2.24) is 14.5 Å². The number of pyridine rings is 1. The summed E-state index contributed by atoms with van der Waals surface area (Å²) in [6.07, 6.45) is 6.53. The molecule has 5 heteroatoms. The first-order valence-corrected chi connectivity index (χ1v) is 6.10. The van der Waals surface area contributed by atoms with Crippen LogP contribution in [-0.2, 0) is 0 Å². The summed E-state index contributed by atoms with van der Waals surface area (Å²) in [6.45, 7) is 0. The number of anilines is 1. The number of aromatic nitrogens is 3. The van der Waals surface area contributed by atoms with E-state index in [1.165, 1.54) is 0 Å². The maximum Gasteiger partial charge on any atom is 0.204 e. The Morgan fingerprint density at radius 2 is 1.80 bits per heavy atom. The van der Waals surface area contributed by atoms with E-state index in [1.54, 1.807) is 47.6 Å². The number of carbonyl (C=O) groups excluding carboxylic acids is 1.